The van der Waals surface area contributed by atoms with Gasteiger partial charge < -0.3 is 0 Å². The zero-order valence-corrected chi connectivity index (χ0v) is 92.8. The summed E-state index contributed by atoms with van der Waals surface area (Å²) in [5.74, 6) is 3.74. The van der Waals surface area contributed by atoms with Crippen molar-refractivity contribution in [3.63, 3.8) is 0 Å². The molecule has 15 aliphatic carbocycles. The van der Waals surface area contributed by atoms with Gasteiger partial charge in [-0.05, 0) is 248 Å². The van der Waals surface area contributed by atoms with Gasteiger partial charge in [-0.2, -0.15) is 10.2 Å². The largest absolute Gasteiger partial charge is 0.290 e. The number of hydrogen-bond donors (Lipinski definition) is 0. The summed E-state index contributed by atoms with van der Waals surface area (Å²) in [6, 6.07) is 81.5. The van der Waals surface area contributed by atoms with Crippen molar-refractivity contribution in [2.45, 2.75) is 337 Å². The second-order valence-electron chi connectivity index (χ2n) is 51.3. The first-order valence-electron chi connectivity index (χ1n) is 54.7. The van der Waals surface area contributed by atoms with Crippen molar-refractivity contribution in [3.05, 3.63) is 393 Å². The Kier molecular flexibility index (Phi) is 36.7. The average Bonchev–Trinajstić information content (AvgIpc) is 1.66. The summed E-state index contributed by atoms with van der Waals surface area (Å²) in [6.45, 7) is 59.3. The molecule has 3 nitrogen and oxygen atoms in total. The molecule has 0 aromatic heterocycles. The van der Waals surface area contributed by atoms with Crippen molar-refractivity contribution < 1.29 is 4.79 Å². The van der Waals surface area contributed by atoms with E-state index >= 15 is 0 Å². The molecule has 16 aliphatic rings. The highest BCUT2D eigenvalue weighted by molar-refractivity contribution is 6.00. The number of hydrogen-bond acceptors (Lipinski definition) is 3. The van der Waals surface area contributed by atoms with Crippen molar-refractivity contribution >= 4 is 40.8 Å². The summed E-state index contributed by atoms with van der Waals surface area (Å²) in [7, 11) is 0. The van der Waals surface area contributed by atoms with E-state index in [0.717, 1.165) is 35.8 Å². The molecule has 5 fully saturated rings. The van der Waals surface area contributed by atoms with E-state index < -0.39 is 0 Å². The second-order valence-corrected chi connectivity index (χ2v) is 51.3. The van der Waals surface area contributed by atoms with Gasteiger partial charge in [0, 0.05) is 43.5 Å². The van der Waals surface area contributed by atoms with E-state index in [1.807, 2.05) is 30.4 Å². The number of carbonyl (C=O) groups excluding carboxylic acids is 1. The molecule has 1 heterocycles. The Hall–Kier alpha value is -10.4. The molecule has 0 amide bonds. The first-order chi connectivity index (χ1) is 67.0. The SMILES string of the molecule is CC1(C)C(c2ccccc2)=CC=C1c1ccccc1.CC1(C)C=CC(=O)C=C1.CC1(C)C=CC=C1.CC1(C)C=Cc2ccccc21.CC1(C)C=c2ccccc2=C1.CC1(C)CC2C=CC1C2.CC1(C)CC2C=CC1CC2.CC1(C)CCCC1.CC1(C)CCCCC1.CC1(C)CCCCCC1.CC1(C)N=Nc2ccccc21.CC1(C)c2ccccc2-c2ccccc21.CC1(C)c2ccccc2Cc2ccccc21. The van der Waals surface area contributed by atoms with Gasteiger partial charge >= 0.3 is 0 Å². The number of nitrogens with zero attached hydrogens (tertiary/aromatic N) is 2. The van der Waals surface area contributed by atoms with Crippen LogP contribution in [0.25, 0.3) is 40.5 Å². The van der Waals surface area contributed by atoms with Crippen LogP contribution in [-0.2, 0) is 33.0 Å². The van der Waals surface area contributed by atoms with Crippen LogP contribution in [0.3, 0.4) is 0 Å². The lowest BCUT2D eigenvalue weighted by Gasteiger charge is -2.44. The molecule has 752 valence electrons. The van der Waals surface area contributed by atoms with Crippen LogP contribution in [0.5, 0.6) is 0 Å². The lowest BCUT2D eigenvalue weighted by molar-refractivity contribution is -0.110. The predicted molar refractivity (Wildman–Crippen MR) is 618 cm³/mol. The molecule has 0 spiro atoms. The predicted octanol–water partition coefficient (Wildman–Crippen LogP) is 38.8. The fraction of sp³-hybridized carbons (Fsp3) is 0.460. The number of ketones is 1. The van der Waals surface area contributed by atoms with Crippen LogP contribution in [-0.4, -0.2) is 5.78 Å². The molecule has 3 heteroatoms. The molecule has 142 heavy (non-hydrogen) atoms. The van der Waals surface area contributed by atoms with Gasteiger partial charge in [-0.15, -0.1) is 0 Å². The molecule has 0 saturated heterocycles. The van der Waals surface area contributed by atoms with Gasteiger partial charge in [0.25, 0.3) is 0 Å². The molecule has 5 saturated carbocycles. The van der Waals surface area contributed by atoms with Crippen molar-refractivity contribution in [1.82, 2.24) is 0 Å². The highest BCUT2D eigenvalue weighted by Crippen LogP contribution is 2.54. The molecule has 4 bridgehead atoms. The smallest absolute Gasteiger partial charge is 0.178 e. The minimum absolute atomic E-state index is 0.0582. The van der Waals surface area contributed by atoms with Crippen molar-refractivity contribution in [3.8, 4) is 11.1 Å². The van der Waals surface area contributed by atoms with Gasteiger partial charge in [0.2, 0.25) is 0 Å². The summed E-state index contributed by atoms with van der Waals surface area (Å²) in [4.78, 5) is 10.6. The lowest BCUT2D eigenvalue weighted by Crippen LogP contribution is -2.33. The van der Waals surface area contributed by atoms with Crippen LogP contribution in [0.2, 0.25) is 0 Å². The zero-order valence-electron chi connectivity index (χ0n) is 92.8. The fourth-order valence-electron chi connectivity index (χ4n) is 23.8. The van der Waals surface area contributed by atoms with Crippen LogP contribution in [0.1, 0.15) is 370 Å². The molecule has 25 rings (SSSR count). The average molecular weight is 1890 g/mol. The van der Waals surface area contributed by atoms with Crippen LogP contribution in [0, 0.1) is 72.4 Å². The summed E-state index contributed by atoms with van der Waals surface area (Å²) in [5, 5.41) is 11.0. The molecular formula is C139H180N2O. The van der Waals surface area contributed by atoms with Crippen molar-refractivity contribution in [2.75, 3.05) is 0 Å². The zero-order chi connectivity index (χ0) is 103. The molecule has 0 radical (unpaired) electrons. The van der Waals surface area contributed by atoms with E-state index in [9.17, 15) is 4.79 Å². The van der Waals surface area contributed by atoms with Gasteiger partial charge in [-0.1, -0.05) is 546 Å². The third-order valence-electron chi connectivity index (χ3n) is 32.9. The number of allylic oxidation sites excluding steroid dienone is 17. The number of rotatable bonds is 2. The Balaban J connectivity index is 0.000000139. The van der Waals surface area contributed by atoms with E-state index in [1.165, 1.54) is 222 Å². The van der Waals surface area contributed by atoms with E-state index in [4.69, 9.17) is 0 Å². The first-order valence-corrected chi connectivity index (χ1v) is 54.7. The van der Waals surface area contributed by atoms with Crippen molar-refractivity contribution in [2.24, 2.45) is 82.6 Å². The monoisotopic (exact) mass is 1890 g/mol. The Morgan fingerprint density at radius 3 is 1.05 bits per heavy atom. The summed E-state index contributed by atoms with van der Waals surface area (Å²) in [6.07, 6.45) is 69.1. The molecule has 9 aromatic rings. The molecule has 9 aromatic carbocycles. The maximum absolute atomic E-state index is 10.6. The third kappa shape index (κ3) is 30.4. The second kappa shape index (κ2) is 47.2. The molecule has 0 N–H and O–H groups in total. The van der Waals surface area contributed by atoms with Gasteiger partial charge in [-0.25, -0.2) is 0 Å². The van der Waals surface area contributed by atoms with E-state index in [0.29, 0.717) is 32.5 Å². The minimum Gasteiger partial charge on any atom is -0.290 e. The number of azo groups is 1. The maximum Gasteiger partial charge on any atom is 0.178 e. The molecular weight excluding hydrogens is 1710 g/mol. The summed E-state index contributed by atoms with van der Waals surface area (Å²) < 4.78 is 0. The standard InChI is InChI=1S/C19H18.C16H16.C15H14.2C11H12.C10H16.C9H10N2.C9H14.C9H18.C8H10O.C8H16.C7H14.C7H10/c1-19(2)17(15-9-5-3-6-10-15)13-14-18(19)16-11-7-4-8-12-16;1-16(2)14-9-5-3-7-12(14)11-13-8-4-6-10-15(13)16;1-15(2)13-9-5-3-7-11(13)12-8-4-6-10-14(12)15;1-11(2)7-9-5-3-4-6-10(9)8-11;1-11(2)8-7-9-5-3-4-6-10(9)11;1-10(2)7-8-3-5-9(10)6-4-8;1-9(2)7-5-3-4-6-8(7)10-11-9;1-9(2)6-7-3-4-8(9)5-7;1-9(2)7-5-3-4-6-8-9;1-8(2)5-3-7(9)4-6-8;1-8(2)6-4-3-5-7-8;2*1-7(2)5-3-4-6-7/h3-14H,1-2H3;3-10H,11H2,1-2H3;3-10H,1-2H3;2*3-8H,1-2H3;3,5,8-9H,4,6-7H2,1-2H3;3-6H,1-2H3;3-4,7-8H,5-6H2,1-2H3;3-8H2,1-2H3;3-6H,1-2H3;3-7H2,1-2H3;3-6H2,1-2H3;3-6H,1-2H3. The molecule has 4 unspecified atom stereocenters. The van der Waals surface area contributed by atoms with E-state index in [-0.39, 0.29) is 43.8 Å². The van der Waals surface area contributed by atoms with Crippen LogP contribution in [0.15, 0.2) is 332 Å². The van der Waals surface area contributed by atoms with Crippen LogP contribution < -0.4 is 10.4 Å². The fourth-order valence-corrected chi connectivity index (χ4v) is 23.8. The van der Waals surface area contributed by atoms with Gasteiger partial charge in [-0.3, -0.25) is 4.79 Å². The Bertz CT molecular complexity index is 5830. The van der Waals surface area contributed by atoms with Gasteiger partial charge in [0.15, 0.2) is 5.78 Å². The lowest BCUT2D eigenvalue weighted by atomic mass is 9.61. The Labute approximate surface area is 863 Å². The highest BCUT2D eigenvalue weighted by atomic mass is 16.1. The maximum atomic E-state index is 10.6. The van der Waals surface area contributed by atoms with E-state index in [1.54, 1.807) is 12.2 Å². The van der Waals surface area contributed by atoms with Gasteiger partial charge in [0.1, 0.15) is 5.54 Å². The van der Waals surface area contributed by atoms with E-state index in [2.05, 4.69) is 488 Å². The molecule has 4 atom stereocenters. The third-order valence-corrected chi connectivity index (χ3v) is 32.9. The highest BCUT2D eigenvalue weighted by Gasteiger charge is 2.43. The summed E-state index contributed by atoms with van der Waals surface area (Å²) in [5.41, 5.74) is 26.5. The van der Waals surface area contributed by atoms with Crippen LogP contribution >= 0.6 is 0 Å². The molecule has 1 aliphatic heterocycles. The Morgan fingerprint density at radius 1 is 0.303 bits per heavy atom. The van der Waals surface area contributed by atoms with Gasteiger partial charge in [0.05, 0.1) is 5.69 Å². The summed E-state index contributed by atoms with van der Waals surface area (Å²) >= 11 is 0. The quantitative estimate of drug-likeness (QED) is 0.126. The number of benzene rings is 9. The minimum atomic E-state index is -0.114. The topological polar surface area (TPSA) is 41.8 Å². The normalized spacial score (nSPS) is 23.1. The number of fused-ring (bicyclic) bond motifs is 12. The van der Waals surface area contributed by atoms with Crippen molar-refractivity contribution in [1.29, 1.82) is 0 Å². The Morgan fingerprint density at radius 2 is 0.676 bits per heavy atom. The first kappa shape index (κ1) is 110. The van der Waals surface area contributed by atoms with Crippen LogP contribution in [0.4, 0.5) is 5.69 Å². The number of carbonyl (C=O) groups is 1.